The van der Waals surface area contributed by atoms with Crippen molar-refractivity contribution in [3.63, 3.8) is 0 Å². The second-order valence-electron chi connectivity index (χ2n) is 11.5. The first kappa shape index (κ1) is 32.3. The molecule has 0 saturated heterocycles. The molecule has 0 aromatic heterocycles. The summed E-state index contributed by atoms with van der Waals surface area (Å²) >= 11 is -2.76. The summed E-state index contributed by atoms with van der Waals surface area (Å²) in [4.78, 5) is 15.1. The Bertz CT molecular complexity index is 944. The maximum absolute atomic E-state index is 13.5. The van der Waals surface area contributed by atoms with Crippen molar-refractivity contribution in [3.05, 3.63) is 72.4 Å². The van der Waals surface area contributed by atoms with Crippen molar-refractivity contribution < 1.29 is 14.3 Å². The van der Waals surface area contributed by atoms with E-state index in [4.69, 9.17) is 9.47 Å². The summed E-state index contributed by atoms with van der Waals surface area (Å²) in [7, 11) is 1.65. The molecule has 0 fully saturated rings. The van der Waals surface area contributed by atoms with Gasteiger partial charge < -0.3 is 0 Å². The molecule has 0 aliphatic heterocycles. The standard InChI is InChI=1S/C21H24NO3.3C4H9.Sn/c1-21(2,3)25-20(23)22(18-12-14-19(24-4)15-13-18)16-8-11-17-9-6-5-7-10-17;3*1-3-4-2;/h5-16H,1-4H3;3*1,3-4H2,2H3;/b16-8+;;;;. The fourth-order valence-electron chi connectivity index (χ4n) is 5.24. The van der Waals surface area contributed by atoms with Gasteiger partial charge in [-0.3, -0.25) is 0 Å². The molecule has 0 unspecified atom stereocenters. The molecule has 4 nitrogen and oxygen atoms in total. The summed E-state index contributed by atoms with van der Waals surface area (Å²) in [5.74, 6) is 0.762. The van der Waals surface area contributed by atoms with Gasteiger partial charge in [0.15, 0.2) is 0 Å². The molecule has 2 aromatic rings. The minimum absolute atomic E-state index is 0.359. The van der Waals surface area contributed by atoms with Crippen LogP contribution in [0.4, 0.5) is 10.5 Å². The van der Waals surface area contributed by atoms with Crippen LogP contribution in [0.5, 0.6) is 5.75 Å². The summed E-state index contributed by atoms with van der Waals surface area (Å²) in [6.45, 7) is 12.7. The van der Waals surface area contributed by atoms with Crippen molar-refractivity contribution in [1.82, 2.24) is 0 Å². The van der Waals surface area contributed by atoms with Gasteiger partial charge >= 0.3 is 238 Å². The predicted octanol–water partition coefficient (Wildman–Crippen LogP) is 10.1. The molecule has 0 N–H and O–H groups in total. The second-order valence-corrected chi connectivity index (χ2v) is 25.3. The number of benzene rings is 2. The van der Waals surface area contributed by atoms with Gasteiger partial charge in [0.25, 0.3) is 0 Å². The molecule has 0 bridgehead atoms. The van der Waals surface area contributed by atoms with E-state index >= 15 is 0 Å². The Balaban J connectivity index is 2.63. The summed E-state index contributed by atoms with van der Waals surface area (Å²) in [5.41, 5.74) is 1.60. The van der Waals surface area contributed by atoms with Crippen LogP contribution in [-0.4, -0.2) is 37.2 Å². The van der Waals surface area contributed by atoms with E-state index in [1.54, 1.807) is 12.0 Å². The van der Waals surface area contributed by atoms with Gasteiger partial charge in [-0.2, -0.15) is 0 Å². The van der Waals surface area contributed by atoms with E-state index in [0.717, 1.165) is 11.4 Å². The van der Waals surface area contributed by atoms with E-state index in [0.29, 0.717) is 3.93 Å². The topological polar surface area (TPSA) is 38.8 Å². The Morgan fingerprint density at radius 3 is 1.84 bits per heavy atom. The number of ether oxygens (including phenoxy) is 2. The zero-order valence-electron chi connectivity index (χ0n) is 25.0. The van der Waals surface area contributed by atoms with Crippen molar-refractivity contribution in [3.8, 4) is 5.75 Å². The number of anilines is 1. The van der Waals surface area contributed by atoms with Crippen LogP contribution in [0, 0.1) is 0 Å². The van der Waals surface area contributed by atoms with Crippen molar-refractivity contribution >= 4 is 30.2 Å². The zero-order chi connectivity index (χ0) is 28.0. The Morgan fingerprint density at radius 2 is 1.39 bits per heavy atom. The number of nitrogens with zero attached hydrogens (tertiary/aromatic N) is 1. The molecule has 1 atom stereocenters. The minimum atomic E-state index is -2.76. The van der Waals surface area contributed by atoms with Gasteiger partial charge in [-0.25, -0.2) is 0 Å². The summed E-state index contributed by atoms with van der Waals surface area (Å²) < 4.78 is 15.8. The van der Waals surface area contributed by atoms with Gasteiger partial charge in [-0.1, -0.05) is 0 Å². The van der Waals surface area contributed by atoms with E-state index < -0.39 is 24.0 Å². The number of rotatable bonds is 15. The summed E-state index contributed by atoms with van der Waals surface area (Å²) in [6.07, 6.45) is 11.6. The van der Waals surface area contributed by atoms with Crippen LogP contribution < -0.4 is 9.64 Å². The Kier molecular flexibility index (Phi) is 13.8. The number of methoxy groups -OCH3 is 1. The van der Waals surface area contributed by atoms with Crippen LogP contribution in [0.25, 0.3) is 0 Å². The quantitative estimate of drug-likeness (QED) is 0.184. The number of amides is 1. The molecule has 0 heterocycles. The van der Waals surface area contributed by atoms with E-state index in [9.17, 15) is 4.79 Å². The molecule has 0 spiro atoms. The molecule has 0 radical (unpaired) electrons. The molecule has 5 heteroatoms. The number of carbonyl (C=O) groups is 1. The third-order valence-corrected chi connectivity index (χ3v) is 24.1. The number of unbranched alkanes of at least 4 members (excludes halogenated alkanes) is 3. The number of carbonyl (C=O) groups excluding carboxylic acids is 1. The van der Waals surface area contributed by atoms with Gasteiger partial charge in [0, 0.05) is 0 Å². The van der Waals surface area contributed by atoms with E-state index in [1.165, 1.54) is 57.4 Å². The molecule has 1 amide bonds. The van der Waals surface area contributed by atoms with Crippen molar-refractivity contribution in [2.45, 2.75) is 103 Å². The number of hydrogen-bond donors (Lipinski definition) is 0. The van der Waals surface area contributed by atoms with Crippen LogP contribution in [-0.2, 0) is 4.74 Å². The molecule has 0 aliphatic rings. The zero-order valence-corrected chi connectivity index (χ0v) is 27.8. The van der Waals surface area contributed by atoms with Crippen LogP contribution >= 0.6 is 0 Å². The second kappa shape index (κ2) is 16.2. The van der Waals surface area contributed by atoms with Crippen LogP contribution in [0.3, 0.4) is 0 Å². The molecule has 2 rings (SSSR count). The average Bonchev–Trinajstić information content (AvgIpc) is 2.91. The fourth-order valence-corrected chi connectivity index (χ4v) is 23.1. The molecular weight excluding hydrogens is 577 g/mol. The molecule has 2 aromatic carbocycles. The summed E-state index contributed by atoms with van der Waals surface area (Å²) in [6, 6.07) is 18.7. The van der Waals surface area contributed by atoms with Crippen LogP contribution in [0.1, 0.15) is 89.6 Å². The Morgan fingerprint density at radius 1 is 0.868 bits per heavy atom. The van der Waals surface area contributed by atoms with Gasteiger partial charge in [0.05, 0.1) is 0 Å². The number of hydrogen-bond acceptors (Lipinski definition) is 3. The van der Waals surface area contributed by atoms with Gasteiger partial charge in [-0.15, -0.1) is 0 Å². The van der Waals surface area contributed by atoms with E-state index in [-0.39, 0.29) is 6.09 Å². The fraction of sp³-hybridized carbons (Fsp3) is 0.545. The Labute approximate surface area is 236 Å². The van der Waals surface area contributed by atoms with Crippen LogP contribution in [0.2, 0.25) is 13.3 Å². The van der Waals surface area contributed by atoms with Crippen molar-refractivity contribution in [2.24, 2.45) is 0 Å². The summed E-state index contributed by atoms with van der Waals surface area (Å²) in [5, 5.41) is 0. The molecular formula is C33H51NO3Sn. The first-order valence-corrected chi connectivity index (χ1v) is 22.3. The van der Waals surface area contributed by atoms with Gasteiger partial charge in [0.2, 0.25) is 0 Å². The SMILES string of the molecule is CCC[CH2][Sn]([CH2]CCC)([CH2]CCC)[C@@H](/C=C/N(C(=O)OC(C)(C)C)c1ccc(OC)cc1)c1ccccc1. The average molecular weight is 628 g/mol. The van der Waals surface area contributed by atoms with Crippen molar-refractivity contribution in [2.75, 3.05) is 12.0 Å². The van der Waals surface area contributed by atoms with Gasteiger partial charge in [-0.05, 0) is 0 Å². The van der Waals surface area contributed by atoms with Crippen molar-refractivity contribution in [1.29, 1.82) is 0 Å². The predicted molar refractivity (Wildman–Crippen MR) is 165 cm³/mol. The third-order valence-electron chi connectivity index (χ3n) is 7.27. The Hall–Kier alpha value is -1.95. The number of allylic oxidation sites excluding steroid dienone is 1. The normalized spacial score (nSPS) is 12.9. The van der Waals surface area contributed by atoms with Crippen LogP contribution in [0.15, 0.2) is 66.9 Å². The van der Waals surface area contributed by atoms with E-state index in [1.807, 2.05) is 51.2 Å². The monoisotopic (exact) mass is 629 g/mol. The first-order chi connectivity index (χ1) is 18.2. The molecule has 0 aliphatic carbocycles. The van der Waals surface area contributed by atoms with Gasteiger partial charge in [0.1, 0.15) is 0 Å². The third kappa shape index (κ3) is 9.98. The molecule has 0 saturated carbocycles. The van der Waals surface area contributed by atoms with E-state index in [2.05, 4.69) is 57.2 Å². The molecule has 38 heavy (non-hydrogen) atoms. The first-order valence-electron chi connectivity index (χ1n) is 14.6. The maximum atomic E-state index is 13.5. The molecule has 210 valence electrons.